The Morgan fingerprint density at radius 1 is 1.25 bits per heavy atom. The molecule has 1 saturated carbocycles. The summed E-state index contributed by atoms with van der Waals surface area (Å²) in [6.45, 7) is 0.905. The van der Waals surface area contributed by atoms with Crippen LogP contribution in [-0.4, -0.2) is 24.4 Å². The molecule has 0 radical (unpaired) electrons. The minimum atomic E-state index is 0.255. The summed E-state index contributed by atoms with van der Waals surface area (Å²) in [5, 5.41) is 0. The molecule has 1 amide bonds. The summed E-state index contributed by atoms with van der Waals surface area (Å²) in [4.78, 5) is 16.5. The van der Waals surface area contributed by atoms with Gasteiger partial charge in [-0.15, -0.1) is 11.3 Å². The van der Waals surface area contributed by atoms with Crippen molar-refractivity contribution < 1.29 is 4.79 Å². The van der Waals surface area contributed by atoms with Crippen molar-refractivity contribution in [3.63, 3.8) is 0 Å². The van der Waals surface area contributed by atoms with Crippen LogP contribution < -0.4 is 0 Å². The Hall–Kier alpha value is -0.830. The average Bonchev–Trinajstić information content (AvgIpc) is 2.77. The van der Waals surface area contributed by atoms with Gasteiger partial charge < -0.3 is 4.90 Å². The number of nitrogens with zero attached hydrogens (tertiary/aromatic N) is 1. The average molecular weight is 233 g/mol. The summed E-state index contributed by atoms with van der Waals surface area (Å²) < 4.78 is 0. The van der Waals surface area contributed by atoms with Gasteiger partial charge in [0.15, 0.2) is 0 Å². The van der Waals surface area contributed by atoms with Crippen LogP contribution in [0.2, 0.25) is 0 Å². The van der Waals surface area contributed by atoms with E-state index in [0.717, 1.165) is 17.8 Å². The summed E-state index contributed by atoms with van der Waals surface area (Å²) in [7, 11) is 1.92. The SMILES string of the molecule is CN1CCc2c(sc3c2CC2(CC2)C3)C1=O. The molecule has 3 aliphatic rings. The van der Waals surface area contributed by atoms with Gasteiger partial charge in [-0.2, -0.15) is 0 Å². The lowest BCUT2D eigenvalue weighted by Gasteiger charge is -2.23. The van der Waals surface area contributed by atoms with Gasteiger partial charge in [-0.3, -0.25) is 4.79 Å². The lowest BCUT2D eigenvalue weighted by molar-refractivity contribution is 0.0786. The number of amides is 1. The molecule has 0 bridgehead atoms. The van der Waals surface area contributed by atoms with Crippen molar-refractivity contribution in [2.24, 2.45) is 5.41 Å². The summed E-state index contributed by atoms with van der Waals surface area (Å²) in [5.74, 6) is 0.255. The molecule has 84 valence electrons. The van der Waals surface area contributed by atoms with Gasteiger partial charge in [0.2, 0.25) is 0 Å². The lowest BCUT2D eigenvalue weighted by Crippen LogP contribution is -2.33. The first kappa shape index (κ1) is 9.23. The van der Waals surface area contributed by atoms with Gasteiger partial charge in [0, 0.05) is 18.5 Å². The van der Waals surface area contributed by atoms with Crippen LogP contribution in [0.4, 0.5) is 0 Å². The van der Waals surface area contributed by atoms with Crippen molar-refractivity contribution >= 4 is 17.2 Å². The van der Waals surface area contributed by atoms with E-state index in [1.807, 2.05) is 11.9 Å². The molecular formula is C13H15NOS. The standard InChI is InChI=1S/C13H15NOS/c1-14-5-2-8-9-6-13(3-4-13)7-10(9)16-11(8)12(14)15/h2-7H2,1H3. The van der Waals surface area contributed by atoms with Crippen molar-refractivity contribution in [3.8, 4) is 0 Å². The Morgan fingerprint density at radius 3 is 2.81 bits per heavy atom. The highest BCUT2D eigenvalue weighted by atomic mass is 32.1. The van der Waals surface area contributed by atoms with E-state index in [4.69, 9.17) is 0 Å². The van der Waals surface area contributed by atoms with Crippen LogP contribution in [0.5, 0.6) is 0 Å². The van der Waals surface area contributed by atoms with Crippen molar-refractivity contribution in [1.29, 1.82) is 0 Å². The van der Waals surface area contributed by atoms with Crippen LogP contribution in [0.3, 0.4) is 0 Å². The highest BCUT2D eigenvalue weighted by molar-refractivity contribution is 7.14. The second kappa shape index (κ2) is 2.70. The molecule has 0 N–H and O–H groups in total. The Kier molecular flexibility index (Phi) is 1.56. The van der Waals surface area contributed by atoms with Crippen LogP contribution in [0, 0.1) is 5.41 Å². The molecule has 4 rings (SSSR count). The fourth-order valence-corrected chi connectivity index (χ4v) is 4.73. The molecule has 0 aromatic carbocycles. The first-order valence-electron chi connectivity index (χ1n) is 6.07. The Labute approximate surface area is 99.3 Å². The number of carbonyl (C=O) groups is 1. The van der Waals surface area contributed by atoms with E-state index >= 15 is 0 Å². The molecule has 1 aromatic rings. The molecule has 16 heavy (non-hydrogen) atoms. The third kappa shape index (κ3) is 1.05. The highest BCUT2D eigenvalue weighted by Gasteiger charge is 2.49. The maximum Gasteiger partial charge on any atom is 0.263 e. The minimum Gasteiger partial charge on any atom is -0.341 e. The van der Waals surface area contributed by atoms with E-state index < -0.39 is 0 Å². The monoisotopic (exact) mass is 233 g/mol. The van der Waals surface area contributed by atoms with E-state index in [9.17, 15) is 4.79 Å². The van der Waals surface area contributed by atoms with Gasteiger partial charge in [-0.05, 0) is 48.6 Å². The molecule has 2 nitrogen and oxygen atoms in total. The predicted octanol–water partition coefficient (Wildman–Crippen LogP) is 2.26. The summed E-state index contributed by atoms with van der Waals surface area (Å²) >= 11 is 1.79. The second-order valence-electron chi connectivity index (χ2n) is 5.64. The maximum atomic E-state index is 12.0. The van der Waals surface area contributed by atoms with Crippen LogP contribution in [0.15, 0.2) is 0 Å². The third-order valence-corrected chi connectivity index (χ3v) is 5.75. The van der Waals surface area contributed by atoms with Crippen LogP contribution in [0.1, 0.15) is 38.5 Å². The Morgan fingerprint density at radius 2 is 2.06 bits per heavy atom. The highest BCUT2D eigenvalue weighted by Crippen LogP contribution is 2.58. The predicted molar refractivity (Wildman–Crippen MR) is 64.1 cm³/mol. The van der Waals surface area contributed by atoms with Crippen molar-refractivity contribution in [2.75, 3.05) is 13.6 Å². The van der Waals surface area contributed by atoms with Gasteiger partial charge in [0.1, 0.15) is 0 Å². The number of thiophene rings is 1. The quantitative estimate of drug-likeness (QED) is 0.673. The zero-order chi connectivity index (χ0) is 10.9. The third-order valence-electron chi connectivity index (χ3n) is 4.48. The zero-order valence-corrected chi connectivity index (χ0v) is 10.3. The lowest BCUT2D eigenvalue weighted by atomic mass is 9.98. The molecule has 1 aromatic heterocycles. The molecule has 0 saturated heterocycles. The molecular weight excluding hydrogens is 218 g/mol. The van der Waals surface area contributed by atoms with E-state index in [0.29, 0.717) is 5.41 Å². The Balaban J connectivity index is 1.82. The summed E-state index contributed by atoms with van der Waals surface area (Å²) in [5.41, 5.74) is 3.63. The molecule has 3 heteroatoms. The van der Waals surface area contributed by atoms with E-state index in [1.54, 1.807) is 16.9 Å². The van der Waals surface area contributed by atoms with Gasteiger partial charge in [-0.1, -0.05) is 0 Å². The molecule has 2 heterocycles. The van der Waals surface area contributed by atoms with Crippen molar-refractivity contribution in [2.45, 2.75) is 32.1 Å². The fraction of sp³-hybridized carbons (Fsp3) is 0.615. The van der Waals surface area contributed by atoms with Crippen molar-refractivity contribution in [3.05, 3.63) is 20.9 Å². The number of hydrogen-bond acceptors (Lipinski definition) is 2. The second-order valence-corrected chi connectivity index (χ2v) is 6.75. The Bertz CT molecular complexity index is 498. The molecule has 1 fully saturated rings. The number of likely N-dealkylation sites (N-methyl/N-ethyl adjacent to an activating group) is 1. The number of hydrogen-bond donors (Lipinski definition) is 0. The first-order valence-corrected chi connectivity index (χ1v) is 6.89. The van der Waals surface area contributed by atoms with Gasteiger partial charge in [0.05, 0.1) is 4.88 Å². The van der Waals surface area contributed by atoms with Gasteiger partial charge in [0.25, 0.3) is 5.91 Å². The van der Waals surface area contributed by atoms with Crippen LogP contribution >= 0.6 is 11.3 Å². The van der Waals surface area contributed by atoms with Gasteiger partial charge in [-0.25, -0.2) is 0 Å². The van der Waals surface area contributed by atoms with Crippen LogP contribution in [0.25, 0.3) is 0 Å². The van der Waals surface area contributed by atoms with Gasteiger partial charge >= 0.3 is 0 Å². The molecule has 1 spiro atoms. The molecule has 1 aliphatic heterocycles. The van der Waals surface area contributed by atoms with E-state index in [2.05, 4.69) is 0 Å². The minimum absolute atomic E-state index is 0.255. The molecule has 0 unspecified atom stereocenters. The van der Waals surface area contributed by atoms with Crippen molar-refractivity contribution in [1.82, 2.24) is 4.90 Å². The number of carbonyl (C=O) groups excluding carboxylic acids is 1. The largest absolute Gasteiger partial charge is 0.341 e. The topological polar surface area (TPSA) is 20.3 Å². The first-order chi connectivity index (χ1) is 7.69. The van der Waals surface area contributed by atoms with E-state index in [-0.39, 0.29) is 5.91 Å². The molecule has 2 aliphatic carbocycles. The summed E-state index contributed by atoms with van der Waals surface area (Å²) in [6.07, 6.45) is 6.44. The smallest absolute Gasteiger partial charge is 0.263 e. The van der Waals surface area contributed by atoms with Crippen LogP contribution in [-0.2, 0) is 19.3 Å². The number of fused-ring (bicyclic) bond motifs is 3. The molecule has 0 atom stereocenters. The maximum absolute atomic E-state index is 12.0. The number of rotatable bonds is 0. The summed E-state index contributed by atoms with van der Waals surface area (Å²) in [6, 6.07) is 0. The zero-order valence-electron chi connectivity index (χ0n) is 9.51. The fourth-order valence-electron chi connectivity index (χ4n) is 3.20. The normalized spacial score (nSPS) is 24.8. The van der Waals surface area contributed by atoms with E-state index in [1.165, 1.54) is 36.1 Å².